The Kier molecular flexibility index (Phi) is 2.33. The van der Waals surface area contributed by atoms with Crippen molar-refractivity contribution in [3.8, 4) is 11.1 Å². The smallest absolute Gasteiger partial charge is 0.306 e. The third-order valence-corrected chi connectivity index (χ3v) is 3.22. The van der Waals surface area contributed by atoms with Gasteiger partial charge in [0.05, 0.1) is 11.0 Å². The SMILES string of the molecule is Cc1ccc(C)c(-c2ccc3[nH]c(=O)[nH]c3c2)c1.[HH]. The molecule has 0 saturated carbocycles. The van der Waals surface area contributed by atoms with Crippen LogP contribution in [0.25, 0.3) is 22.2 Å². The van der Waals surface area contributed by atoms with Crippen molar-refractivity contribution < 1.29 is 1.43 Å². The molecule has 0 amide bonds. The van der Waals surface area contributed by atoms with Crippen LogP contribution in [0.4, 0.5) is 0 Å². The molecule has 2 aromatic carbocycles. The van der Waals surface area contributed by atoms with E-state index in [9.17, 15) is 4.79 Å². The summed E-state index contributed by atoms with van der Waals surface area (Å²) < 4.78 is 0. The summed E-state index contributed by atoms with van der Waals surface area (Å²) in [7, 11) is 0. The average molecular weight is 240 g/mol. The second-order valence-electron chi connectivity index (χ2n) is 4.66. The van der Waals surface area contributed by atoms with E-state index in [1.807, 2.05) is 18.2 Å². The van der Waals surface area contributed by atoms with E-state index in [2.05, 4.69) is 42.0 Å². The number of hydrogen-bond acceptors (Lipinski definition) is 1. The lowest BCUT2D eigenvalue weighted by Gasteiger charge is -2.07. The molecule has 2 N–H and O–H groups in total. The number of hydrogen-bond donors (Lipinski definition) is 2. The van der Waals surface area contributed by atoms with Crippen LogP contribution in [-0.4, -0.2) is 9.97 Å². The number of benzene rings is 2. The van der Waals surface area contributed by atoms with E-state index in [0.717, 1.165) is 16.6 Å². The van der Waals surface area contributed by atoms with Gasteiger partial charge in [-0.2, -0.15) is 0 Å². The summed E-state index contributed by atoms with van der Waals surface area (Å²) in [5, 5.41) is 0. The molecule has 0 saturated heterocycles. The maximum absolute atomic E-state index is 11.2. The molecule has 3 aromatic rings. The van der Waals surface area contributed by atoms with Crippen molar-refractivity contribution in [2.45, 2.75) is 13.8 Å². The van der Waals surface area contributed by atoms with Crippen molar-refractivity contribution in [1.82, 2.24) is 9.97 Å². The Morgan fingerprint density at radius 3 is 2.56 bits per heavy atom. The number of aryl methyl sites for hydroxylation is 2. The van der Waals surface area contributed by atoms with Crippen molar-refractivity contribution >= 4 is 11.0 Å². The number of H-pyrrole nitrogens is 2. The minimum Gasteiger partial charge on any atom is -0.306 e. The Morgan fingerprint density at radius 1 is 0.944 bits per heavy atom. The van der Waals surface area contributed by atoms with Gasteiger partial charge < -0.3 is 9.97 Å². The summed E-state index contributed by atoms with van der Waals surface area (Å²) >= 11 is 0. The first-order chi connectivity index (χ1) is 8.63. The van der Waals surface area contributed by atoms with Gasteiger partial charge in [0.2, 0.25) is 0 Å². The first kappa shape index (κ1) is 10.8. The molecule has 18 heavy (non-hydrogen) atoms. The zero-order valence-corrected chi connectivity index (χ0v) is 10.4. The van der Waals surface area contributed by atoms with Crippen molar-refractivity contribution in [2.24, 2.45) is 0 Å². The molecular formula is C15H16N2O. The Labute approximate surface area is 106 Å². The fraction of sp³-hybridized carbons (Fsp3) is 0.133. The number of imidazole rings is 1. The van der Waals surface area contributed by atoms with E-state index in [4.69, 9.17) is 0 Å². The minimum absolute atomic E-state index is 0. The van der Waals surface area contributed by atoms with Crippen LogP contribution >= 0.6 is 0 Å². The second-order valence-corrected chi connectivity index (χ2v) is 4.66. The molecular weight excluding hydrogens is 224 g/mol. The van der Waals surface area contributed by atoms with Gasteiger partial charge in [-0.05, 0) is 42.7 Å². The summed E-state index contributed by atoms with van der Waals surface area (Å²) in [6, 6.07) is 12.4. The van der Waals surface area contributed by atoms with Crippen molar-refractivity contribution in [2.75, 3.05) is 0 Å². The molecule has 0 unspecified atom stereocenters. The zero-order valence-electron chi connectivity index (χ0n) is 10.4. The number of aromatic amines is 2. The van der Waals surface area contributed by atoms with Gasteiger partial charge in [0.15, 0.2) is 0 Å². The van der Waals surface area contributed by atoms with Crippen LogP contribution in [0.2, 0.25) is 0 Å². The number of fused-ring (bicyclic) bond motifs is 1. The molecule has 0 aliphatic carbocycles. The number of nitrogens with one attached hydrogen (secondary N) is 2. The van der Waals surface area contributed by atoms with E-state index in [-0.39, 0.29) is 7.12 Å². The summed E-state index contributed by atoms with van der Waals surface area (Å²) in [6.07, 6.45) is 0. The van der Waals surface area contributed by atoms with E-state index in [0.29, 0.717) is 0 Å². The fourth-order valence-electron chi connectivity index (χ4n) is 2.25. The predicted molar refractivity (Wildman–Crippen MR) is 75.9 cm³/mol. The third kappa shape index (κ3) is 1.74. The van der Waals surface area contributed by atoms with Crippen LogP contribution in [0.1, 0.15) is 12.6 Å². The molecule has 1 heterocycles. The molecule has 3 heteroatoms. The van der Waals surface area contributed by atoms with E-state index >= 15 is 0 Å². The summed E-state index contributed by atoms with van der Waals surface area (Å²) in [6.45, 7) is 4.18. The number of rotatable bonds is 1. The van der Waals surface area contributed by atoms with Gasteiger partial charge in [0.25, 0.3) is 0 Å². The van der Waals surface area contributed by atoms with Gasteiger partial charge in [-0.15, -0.1) is 0 Å². The molecule has 0 aliphatic heterocycles. The van der Waals surface area contributed by atoms with Crippen molar-refractivity contribution in [1.29, 1.82) is 0 Å². The molecule has 0 spiro atoms. The Morgan fingerprint density at radius 2 is 1.72 bits per heavy atom. The minimum atomic E-state index is -0.164. The Bertz CT molecular complexity index is 786. The lowest BCUT2D eigenvalue weighted by Crippen LogP contribution is -1.99. The van der Waals surface area contributed by atoms with Crippen molar-refractivity contribution in [3.63, 3.8) is 0 Å². The van der Waals surface area contributed by atoms with E-state index in [1.165, 1.54) is 16.7 Å². The molecule has 3 nitrogen and oxygen atoms in total. The summed E-state index contributed by atoms with van der Waals surface area (Å²) in [4.78, 5) is 16.8. The maximum Gasteiger partial charge on any atom is 0.323 e. The van der Waals surface area contributed by atoms with Gasteiger partial charge in [-0.1, -0.05) is 29.8 Å². The zero-order chi connectivity index (χ0) is 12.7. The Balaban J connectivity index is 0.00000133. The molecule has 0 atom stereocenters. The summed E-state index contributed by atoms with van der Waals surface area (Å²) in [5.74, 6) is 0. The second kappa shape index (κ2) is 3.88. The molecule has 0 aliphatic rings. The molecule has 0 bridgehead atoms. The first-order valence-electron chi connectivity index (χ1n) is 5.93. The fourth-order valence-corrected chi connectivity index (χ4v) is 2.25. The van der Waals surface area contributed by atoms with Gasteiger partial charge in [-0.3, -0.25) is 0 Å². The van der Waals surface area contributed by atoms with E-state index < -0.39 is 0 Å². The van der Waals surface area contributed by atoms with Gasteiger partial charge in [0.1, 0.15) is 0 Å². The number of aromatic nitrogens is 2. The van der Waals surface area contributed by atoms with Gasteiger partial charge >= 0.3 is 5.69 Å². The lowest BCUT2D eigenvalue weighted by molar-refractivity contribution is 1.22. The molecule has 0 radical (unpaired) electrons. The Hall–Kier alpha value is -2.29. The molecule has 1 aromatic heterocycles. The van der Waals surface area contributed by atoms with Crippen LogP contribution in [-0.2, 0) is 0 Å². The highest BCUT2D eigenvalue weighted by molar-refractivity contribution is 5.82. The first-order valence-corrected chi connectivity index (χ1v) is 5.93. The van der Waals surface area contributed by atoms with E-state index in [1.54, 1.807) is 0 Å². The normalized spacial score (nSPS) is 11.0. The highest BCUT2D eigenvalue weighted by Gasteiger charge is 2.05. The standard InChI is InChI=1S/C15H14N2O.H2/c1-9-3-4-10(2)12(7-9)11-5-6-13-14(8-11)17-15(18)16-13;/h3-8H,1-2H3,(H2,16,17,18);1H. The van der Waals surface area contributed by atoms with Crippen LogP contribution < -0.4 is 5.69 Å². The third-order valence-electron chi connectivity index (χ3n) is 3.22. The molecule has 92 valence electrons. The van der Waals surface area contributed by atoms with Crippen LogP contribution in [0.15, 0.2) is 41.2 Å². The quantitative estimate of drug-likeness (QED) is 0.673. The topological polar surface area (TPSA) is 48.6 Å². The van der Waals surface area contributed by atoms with Gasteiger partial charge in [-0.25, -0.2) is 4.79 Å². The summed E-state index contributed by atoms with van der Waals surface area (Å²) in [5.41, 5.74) is 6.32. The largest absolute Gasteiger partial charge is 0.323 e. The highest BCUT2D eigenvalue weighted by Crippen LogP contribution is 2.26. The van der Waals surface area contributed by atoms with Crippen LogP contribution in [0.5, 0.6) is 0 Å². The van der Waals surface area contributed by atoms with Crippen LogP contribution in [0.3, 0.4) is 0 Å². The monoisotopic (exact) mass is 240 g/mol. The molecule has 3 rings (SSSR count). The van der Waals surface area contributed by atoms with Crippen LogP contribution in [0, 0.1) is 13.8 Å². The molecule has 0 fully saturated rings. The van der Waals surface area contributed by atoms with Gasteiger partial charge in [0, 0.05) is 1.43 Å². The average Bonchev–Trinajstić information content (AvgIpc) is 2.71. The lowest BCUT2D eigenvalue weighted by atomic mass is 9.98. The highest BCUT2D eigenvalue weighted by atomic mass is 16.1. The maximum atomic E-state index is 11.2. The predicted octanol–water partition coefficient (Wildman–Crippen LogP) is 3.39. The van der Waals surface area contributed by atoms with Crippen molar-refractivity contribution in [3.05, 3.63) is 58.0 Å².